The van der Waals surface area contributed by atoms with Crippen molar-refractivity contribution < 1.29 is 14.1 Å². The molecular formula is C17H21BN2O3S. The Morgan fingerprint density at radius 3 is 2.42 bits per heavy atom. The molecule has 0 bridgehead atoms. The van der Waals surface area contributed by atoms with Crippen LogP contribution in [-0.4, -0.2) is 34.2 Å². The first-order chi connectivity index (χ1) is 11.1. The summed E-state index contributed by atoms with van der Waals surface area (Å²) in [5.74, 6) is 0.478. The van der Waals surface area contributed by atoms with Crippen molar-refractivity contribution in [1.29, 1.82) is 5.26 Å². The van der Waals surface area contributed by atoms with Gasteiger partial charge in [0.05, 0.1) is 11.2 Å². The normalized spacial score (nSPS) is 19.2. The molecule has 1 fully saturated rings. The molecule has 7 heteroatoms. The molecule has 0 saturated carbocycles. The summed E-state index contributed by atoms with van der Waals surface area (Å²) in [4.78, 5) is 15.4. The van der Waals surface area contributed by atoms with Crippen LogP contribution < -0.4 is 0 Å². The lowest BCUT2D eigenvalue weighted by Crippen LogP contribution is -2.41. The summed E-state index contributed by atoms with van der Waals surface area (Å²) in [6.07, 6.45) is 3.54. The van der Waals surface area contributed by atoms with Gasteiger partial charge in [0.2, 0.25) is 0 Å². The molecule has 1 aliphatic heterocycles. The van der Waals surface area contributed by atoms with E-state index in [-0.39, 0.29) is 5.12 Å². The van der Waals surface area contributed by atoms with E-state index in [0.717, 1.165) is 11.0 Å². The van der Waals surface area contributed by atoms with Crippen molar-refractivity contribution in [1.82, 2.24) is 4.98 Å². The summed E-state index contributed by atoms with van der Waals surface area (Å²) in [5, 5.41) is 8.87. The van der Waals surface area contributed by atoms with Gasteiger partial charge in [-0.2, -0.15) is 5.26 Å². The Labute approximate surface area is 147 Å². The fourth-order valence-corrected chi connectivity index (χ4v) is 2.72. The summed E-state index contributed by atoms with van der Waals surface area (Å²) < 4.78 is 12.2. The predicted molar refractivity (Wildman–Crippen MR) is 96.2 cm³/mol. The quantitative estimate of drug-likeness (QED) is 0.781. The minimum Gasteiger partial charge on any atom is -0.400 e. The Morgan fingerprint density at radius 1 is 1.33 bits per heavy atom. The Kier molecular flexibility index (Phi) is 5.54. The lowest BCUT2D eigenvalue weighted by molar-refractivity contribution is -0.109. The van der Waals surface area contributed by atoms with Crippen molar-refractivity contribution in [2.75, 3.05) is 5.75 Å². The number of pyridine rings is 1. The van der Waals surface area contributed by atoms with E-state index in [1.807, 2.05) is 45.9 Å². The van der Waals surface area contributed by atoms with Crippen molar-refractivity contribution >= 4 is 30.1 Å². The van der Waals surface area contributed by atoms with Gasteiger partial charge in [-0.3, -0.25) is 4.79 Å². The topological polar surface area (TPSA) is 72.2 Å². The second-order valence-electron chi connectivity index (χ2n) is 6.68. The van der Waals surface area contributed by atoms with Crippen LogP contribution in [0.1, 0.15) is 45.9 Å². The van der Waals surface area contributed by atoms with Crippen LogP contribution in [0.5, 0.6) is 0 Å². The average Bonchev–Trinajstić information content (AvgIpc) is 2.72. The molecule has 0 N–H and O–H groups in total. The van der Waals surface area contributed by atoms with Gasteiger partial charge in [0.1, 0.15) is 11.8 Å². The highest BCUT2D eigenvalue weighted by Crippen LogP contribution is 2.39. The van der Waals surface area contributed by atoms with Crippen LogP contribution in [0.15, 0.2) is 23.8 Å². The average molecular weight is 344 g/mol. The number of carbonyl (C=O) groups is 1. The Balaban J connectivity index is 2.29. The number of nitriles is 1. The van der Waals surface area contributed by atoms with Gasteiger partial charge < -0.3 is 9.31 Å². The van der Waals surface area contributed by atoms with Crippen LogP contribution in [0, 0.1) is 11.3 Å². The number of rotatable bonds is 4. The third-order valence-corrected chi connectivity index (χ3v) is 5.14. The number of hydrogen-bond acceptors (Lipinski definition) is 6. The fraction of sp³-hybridized carbons (Fsp3) is 0.471. The van der Waals surface area contributed by atoms with E-state index in [4.69, 9.17) is 14.6 Å². The van der Waals surface area contributed by atoms with Crippen LogP contribution in [0.2, 0.25) is 0 Å². The Hall–Kier alpha value is -1.62. The van der Waals surface area contributed by atoms with E-state index in [1.165, 1.54) is 18.7 Å². The first-order valence-electron chi connectivity index (χ1n) is 7.70. The third kappa shape index (κ3) is 4.26. The van der Waals surface area contributed by atoms with Gasteiger partial charge in [-0.15, -0.1) is 0 Å². The number of nitrogens with zero attached hydrogens (tertiary/aromatic N) is 2. The molecule has 1 aromatic rings. The molecular weight excluding hydrogens is 323 g/mol. The second-order valence-corrected chi connectivity index (χ2v) is 7.83. The molecule has 0 aromatic carbocycles. The van der Waals surface area contributed by atoms with Crippen molar-refractivity contribution in [3.8, 4) is 6.07 Å². The largest absolute Gasteiger partial charge is 0.491 e. The Bertz CT molecular complexity index is 677. The van der Waals surface area contributed by atoms with Crippen LogP contribution in [0.3, 0.4) is 0 Å². The highest BCUT2D eigenvalue weighted by atomic mass is 32.2. The molecule has 1 aliphatic rings. The van der Waals surface area contributed by atoms with E-state index < -0.39 is 18.3 Å². The van der Waals surface area contributed by atoms with Gasteiger partial charge in [0, 0.05) is 18.9 Å². The number of aromatic nitrogens is 1. The maximum absolute atomic E-state index is 11.4. The second kappa shape index (κ2) is 7.10. The number of carbonyl (C=O) groups excluding carboxylic acids is 1. The molecule has 0 unspecified atom stereocenters. The van der Waals surface area contributed by atoms with E-state index in [0.29, 0.717) is 11.4 Å². The molecule has 1 saturated heterocycles. The Morgan fingerprint density at radius 2 is 1.96 bits per heavy atom. The lowest BCUT2D eigenvalue weighted by Gasteiger charge is -2.32. The summed E-state index contributed by atoms with van der Waals surface area (Å²) in [6, 6.07) is 5.47. The summed E-state index contributed by atoms with van der Waals surface area (Å²) in [5.41, 5.74) is 1.17. The van der Waals surface area contributed by atoms with Gasteiger partial charge >= 0.3 is 7.12 Å². The molecule has 126 valence electrons. The van der Waals surface area contributed by atoms with E-state index in [1.54, 1.807) is 12.3 Å². The van der Waals surface area contributed by atoms with E-state index >= 15 is 0 Å². The zero-order chi connectivity index (χ0) is 18.0. The van der Waals surface area contributed by atoms with E-state index in [2.05, 4.69) is 4.98 Å². The maximum atomic E-state index is 11.4. The lowest BCUT2D eigenvalue weighted by atomic mass is 9.78. The van der Waals surface area contributed by atoms with E-state index in [9.17, 15) is 4.79 Å². The van der Waals surface area contributed by atoms with Crippen LogP contribution in [-0.2, 0) is 14.1 Å². The van der Waals surface area contributed by atoms with Crippen molar-refractivity contribution in [2.24, 2.45) is 0 Å². The first kappa shape index (κ1) is 18.7. The van der Waals surface area contributed by atoms with Crippen molar-refractivity contribution in [3.63, 3.8) is 0 Å². The maximum Gasteiger partial charge on any atom is 0.491 e. The molecule has 0 amide bonds. The zero-order valence-electron chi connectivity index (χ0n) is 14.6. The van der Waals surface area contributed by atoms with Crippen molar-refractivity contribution in [3.05, 3.63) is 35.1 Å². The number of thioether (sulfide) groups is 1. The summed E-state index contributed by atoms with van der Waals surface area (Å²) >= 11 is 1.21. The molecule has 0 radical (unpaired) electrons. The summed E-state index contributed by atoms with van der Waals surface area (Å²) in [7, 11) is -0.516. The molecule has 24 heavy (non-hydrogen) atoms. The minimum absolute atomic E-state index is 0.0374. The molecule has 5 nitrogen and oxygen atoms in total. The van der Waals surface area contributed by atoms with Gasteiger partial charge in [-0.05, 0) is 44.8 Å². The molecule has 0 spiro atoms. The summed E-state index contributed by atoms with van der Waals surface area (Å²) in [6.45, 7) is 9.51. The SMILES string of the molecule is CC(=O)SCC(=Cc1ccc(C#N)nc1)B1OC(C)(C)C(C)(C)O1. The molecule has 0 atom stereocenters. The fourth-order valence-electron chi connectivity index (χ4n) is 2.13. The van der Waals surface area contributed by atoms with Gasteiger partial charge in [0.15, 0.2) is 5.12 Å². The molecule has 2 rings (SSSR count). The molecule has 0 aliphatic carbocycles. The third-order valence-electron chi connectivity index (χ3n) is 4.25. The predicted octanol–water partition coefficient (Wildman–Crippen LogP) is 3.25. The molecule has 1 aromatic heterocycles. The monoisotopic (exact) mass is 344 g/mol. The van der Waals surface area contributed by atoms with Gasteiger partial charge in [-0.1, -0.05) is 23.9 Å². The smallest absolute Gasteiger partial charge is 0.400 e. The van der Waals surface area contributed by atoms with Crippen LogP contribution in [0.4, 0.5) is 0 Å². The highest BCUT2D eigenvalue weighted by Gasteiger charge is 2.52. The van der Waals surface area contributed by atoms with Crippen molar-refractivity contribution in [2.45, 2.75) is 45.8 Å². The highest BCUT2D eigenvalue weighted by molar-refractivity contribution is 8.13. The number of hydrogen-bond donors (Lipinski definition) is 0. The zero-order valence-corrected chi connectivity index (χ0v) is 15.4. The van der Waals surface area contributed by atoms with Gasteiger partial charge in [0.25, 0.3) is 0 Å². The van der Waals surface area contributed by atoms with Crippen LogP contribution >= 0.6 is 11.8 Å². The standard InChI is InChI=1S/C17H21BN2O3S/c1-12(21)24-11-14(8-13-6-7-15(9-19)20-10-13)18-22-16(2,3)17(4,5)23-18/h6-8,10H,11H2,1-5H3. The van der Waals surface area contributed by atoms with Crippen LogP contribution in [0.25, 0.3) is 6.08 Å². The first-order valence-corrected chi connectivity index (χ1v) is 8.69. The molecule has 2 heterocycles. The minimum atomic E-state index is -0.516. The van der Waals surface area contributed by atoms with Gasteiger partial charge in [-0.25, -0.2) is 4.98 Å².